The topological polar surface area (TPSA) is 69.7 Å². The first-order valence-corrected chi connectivity index (χ1v) is 9.79. The van der Waals surface area contributed by atoms with Gasteiger partial charge in [0.1, 0.15) is 0 Å². The van der Waals surface area contributed by atoms with Gasteiger partial charge in [0.05, 0.1) is 4.90 Å². The van der Waals surface area contributed by atoms with Crippen LogP contribution in [0.3, 0.4) is 0 Å². The summed E-state index contributed by atoms with van der Waals surface area (Å²) >= 11 is 0. The summed E-state index contributed by atoms with van der Waals surface area (Å²) in [7, 11) is 1.29. The van der Waals surface area contributed by atoms with Crippen molar-refractivity contribution >= 4 is 16.1 Å². The van der Waals surface area contributed by atoms with Crippen LogP contribution in [-0.4, -0.2) is 50.8 Å². The highest BCUT2D eigenvalue weighted by Crippen LogP contribution is 2.22. The highest BCUT2D eigenvalue weighted by molar-refractivity contribution is 7.89. The van der Waals surface area contributed by atoms with Crippen molar-refractivity contribution in [2.24, 2.45) is 0 Å². The van der Waals surface area contributed by atoms with Gasteiger partial charge in [-0.15, -0.1) is 0 Å². The Hall–Kier alpha value is -1.60. The number of rotatable bonds is 5. The van der Waals surface area contributed by atoms with Crippen LogP contribution >= 0.6 is 0 Å². The van der Waals surface area contributed by atoms with Crippen LogP contribution in [0.1, 0.15) is 37.7 Å². The number of nitrogens with one attached hydrogen (secondary N) is 1. The lowest BCUT2D eigenvalue weighted by Crippen LogP contribution is -2.44. The van der Waals surface area contributed by atoms with E-state index in [-0.39, 0.29) is 23.5 Å². The Balaban J connectivity index is 2.05. The number of benzene rings is 1. The molecule has 24 heavy (non-hydrogen) atoms. The molecule has 1 saturated carbocycles. The summed E-state index contributed by atoms with van der Waals surface area (Å²) in [5.41, 5.74) is 0.594. The van der Waals surface area contributed by atoms with E-state index in [1.54, 1.807) is 29.2 Å². The number of carbonyl (C=O) groups excluding carboxylic acids is 1. The zero-order valence-corrected chi connectivity index (χ0v) is 15.5. The Kier molecular flexibility index (Phi) is 6.23. The van der Waals surface area contributed by atoms with Gasteiger partial charge < -0.3 is 10.2 Å². The molecule has 1 fully saturated rings. The molecule has 2 rings (SSSR count). The van der Waals surface area contributed by atoms with Crippen molar-refractivity contribution in [3.63, 3.8) is 0 Å². The second-order valence-corrected chi connectivity index (χ2v) is 8.58. The molecule has 0 spiro atoms. The molecule has 0 atom stereocenters. The predicted molar refractivity (Wildman–Crippen MR) is 94.2 cm³/mol. The zero-order valence-electron chi connectivity index (χ0n) is 14.7. The van der Waals surface area contributed by atoms with Gasteiger partial charge in [0.2, 0.25) is 10.0 Å². The summed E-state index contributed by atoms with van der Waals surface area (Å²) in [6, 6.07) is 6.90. The predicted octanol–water partition coefficient (Wildman–Crippen LogP) is 2.41. The molecule has 7 heteroatoms. The second-order valence-electron chi connectivity index (χ2n) is 6.46. The maximum absolute atomic E-state index is 12.4. The first kappa shape index (κ1) is 18.7. The summed E-state index contributed by atoms with van der Waals surface area (Å²) in [5.74, 6) is 0. The summed E-state index contributed by atoms with van der Waals surface area (Å²) in [5, 5.41) is 2.85. The molecule has 0 aliphatic heterocycles. The maximum atomic E-state index is 12.4. The highest BCUT2D eigenvalue weighted by atomic mass is 32.2. The lowest BCUT2D eigenvalue weighted by Gasteiger charge is -2.31. The van der Waals surface area contributed by atoms with Gasteiger partial charge in [-0.1, -0.05) is 37.5 Å². The largest absolute Gasteiger partial charge is 0.334 e. The third kappa shape index (κ3) is 4.27. The molecule has 1 aromatic rings. The first-order chi connectivity index (χ1) is 11.3. The van der Waals surface area contributed by atoms with Crippen molar-refractivity contribution in [3.05, 3.63) is 29.8 Å². The molecule has 134 valence electrons. The monoisotopic (exact) mass is 353 g/mol. The lowest BCUT2D eigenvalue weighted by molar-refractivity contribution is 0.173. The molecule has 2 amide bonds. The summed E-state index contributed by atoms with van der Waals surface area (Å²) < 4.78 is 25.9. The summed E-state index contributed by atoms with van der Waals surface area (Å²) in [4.78, 5) is 14.3. The molecule has 1 aliphatic carbocycles. The summed E-state index contributed by atoms with van der Waals surface area (Å²) in [6.45, 7) is 0.194. The smallest absolute Gasteiger partial charge is 0.317 e. The first-order valence-electron chi connectivity index (χ1n) is 8.35. The van der Waals surface area contributed by atoms with E-state index < -0.39 is 10.0 Å². The van der Waals surface area contributed by atoms with Gasteiger partial charge in [0, 0.05) is 33.7 Å². The van der Waals surface area contributed by atoms with Crippen molar-refractivity contribution in [1.82, 2.24) is 14.5 Å². The summed E-state index contributed by atoms with van der Waals surface area (Å²) in [6.07, 6.45) is 5.63. The SMILES string of the molecule is CN(C(=O)NCc1ccccc1S(=O)(=O)N(C)C)C1CCCCC1. The Morgan fingerprint density at radius 3 is 2.38 bits per heavy atom. The third-order valence-electron chi connectivity index (χ3n) is 4.60. The normalized spacial score (nSPS) is 16.2. The van der Waals surface area contributed by atoms with Crippen LogP contribution in [0.15, 0.2) is 29.2 Å². The van der Waals surface area contributed by atoms with Crippen LogP contribution < -0.4 is 5.32 Å². The molecule has 0 heterocycles. The van der Waals surface area contributed by atoms with E-state index in [9.17, 15) is 13.2 Å². The van der Waals surface area contributed by atoms with Crippen LogP contribution in [0.5, 0.6) is 0 Å². The van der Waals surface area contributed by atoms with Gasteiger partial charge >= 0.3 is 6.03 Å². The highest BCUT2D eigenvalue weighted by Gasteiger charge is 2.23. The Morgan fingerprint density at radius 2 is 1.75 bits per heavy atom. The Morgan fingerprint density at radius 1 is 1.12 bits per heavy atom. The van der Waals surface area contributed by atoms with Gasteiger partial charge in [-0.2, -0.15) is 0 Å². The minimum absolute atomic E-state index is 0.154. The van der Waals surface area contributed by atoms with E-state index in [0.29, 0.717) is 5.56 Å². The molecule has 0 aromatic heterocycles. The Bertz CT molecular complexity index is 667. The second kappa shape index (κ2) is 7.98. The van der Waals surface area contributed by atoms with Crippen LogP contribution in [0.25, 0.3) is 0 Å². The number of sulfonamides is 1. The lowest BCUT2D eigenvalue weighted by atomic mass is 9.95. The van der Waals surface area contributed by atoms with Crippen LogP contribution in [0, 0.1) is 0 Å². The van der Waals surface area contributed by atoms with Crippen molar-refractivity contribution in [2.45, 2.75) is 49.6 Å². The molecule has 0 radical (unpaired) electrons. The number of nitrogens with zero attached hydrogens (tertiary/aromatic N) is 2. The molecule has 1 aliphatic rings. The molecule has 0 bridgehead atoms. The molecular formula is C17H27N3O3S. The van der Waals surface area contributed by atoms with Gasteiger partial charge in [0.25, 0.3) is 0 Å². The zero-order chi connectivity index (χ0) is 17.7. The van der Waals surface area contributed by atoms with Gasteiger partial charge in [0.15, 0.2) is 0 Å². The molecular weight excluding hydrogens is 326 g/mol. The standard InChI is InChI=1S/C17H27N3O3S/c1-19(2)24(22,23)16-12-8-7-9-14(16)13-18-17(21)20(3)15-10-5-4-6-11-15/h7-9,12,15H,4-6,10-11,13H2,1-3H3,(H,18,21). The number of hydrogen-bond donors (Lipinski definition) is 1. The van der Waals surface area contributed by atoms with Crippen molar-refractivity contribution in [1.29, 1.82) is 0 Å². The number of urea groups is 1. The maximum Gasteiger partial charge on any atom is 0.317 e. The minimum atomic E-state index is -3.53. The third-order valence-corrected chi connectivity index (χ3v) is 6.52. The van der Waals surface area contributed by atoms with E-state index >= 15 is 0 Å². The van der Waals surface area contributed by atoms with E-state index in [4.69, 9.17) is 0 Å². The van der Waals surface area contributed by atoms with Crippen molar-refractivity contribution in [3.8, 4) is 0 Å². The molecule has 0 unspecified atom stereocenters. The van der Waals surface area contributed by atoms with Crippen LogP contribution in [-0.2, 0) is 16.6 Å². The molecule has 0 saturated heterocycles. The van der Waals surface area contributed by atoms with Gasteiger partial charge in [-0.25, -0.2) is 17.5 Å². The van der Waals surface area contributed by atoms with E-state index in [2.05, 4.69) is 5.32 Å². The quantitative estimate of drug-likeness (QED) is 0.884. The minimum Gasteiger partial charge on any atom is -0.334 e. The molecule has 6 nitrogen and oxygen atoms in total. The van der Waals surface area contributed by atoms with E-state index in [1.165, 1.54) is 24.8 Å². The van der Waals surface area contributed by atoms with Gasteiger partial charge in [-0.3, -0.25) is 0 Å². The van der Waals surface area contributed by atoms with Crippen molar-refractivity contribution < 1.29 is 13.2 Å². The number of amides is 2. The molecule has 1 aromatic carbocycles. The fourth-order valence-corrected chi connectivity index (χ4v) is 4.14. The number of hydrogen-bond acceptors (Lipinski definition) is 3. The average molecular weight is 353 g/mol. The fraction of sp³-hybridized carbons (Fsp3) is 0.588. The average Bonchev–Trinajstić information content (AvgIpc) is 2.59. The molecule has 1 N–H and O–H groups in total. The fourth-order valence-electron chi connectivity index (χ4n) is 3.03. The Labute approximate surface area is 144 Å². The van der Waals surface area contributed by atoms with E-state index in [0.717, 1.165) is 25.7 Å². The van der Waals surface area contributed by atoms with Crippen LogP contribution in [0.4, 0.5) is 4.79 Å². The van der Waals surface area contributed by atoms with E-state index in [1.807, 2.05) is 7.05 Å². The number of carbonyl (C=O) groups is 1. The van der Waals surface area contributed by atoms with Gasteiger partial charge in [-0.05, 0) is 24.5 Å². The van der Waals surface area contributed by atoms with Crippen molar-refractivity contribution in [2.75, 3.05) is 21.1 Å². The van der Waals surface area contributed by atoms with Crippen LogP contribution in [0.2, 0.25) is 0 Å².